The first-order chi connectivity index (χ1) is 10.8. The van der Waals surface area contributed by atoms with Gasteiger partial charge in [0.15, 0.2) is 0 Å². The monoisotopic (exact) mass is 350 g/mol. The third-order valence-corrected chi connectivity index (χ3v) is 4.74. The first-order valence-corrected chi connectivity index (χ1v) is 8.80. The van der Waals surface area contributed by atoms with Crippen LogP contribution in [-0.4, -0.2) is 34.7 Å². The molecule has 1 aliphatic heterocycles. The van der Waals surface area contributed by atoms with Gasteiger partial charge in [0, 0.05) is 24.0 Å². The lowest BCUT2D eigenvalue weighted by Gasteiger charge is -2.29. The molecule has 3 rings (SSSR count). The van der Waals surface area contributed by atoms with Crippen molar-refractivity contribution in [2.75, 3.05) is 13.1 Å². The van der Waals surface area contributed by atoms with Crippen molar-refractivity contribution in [2.24, 2.45) is 0 Å². The fourth-order valence-corrected chi connectivity index (χ4v) is 3.59. The van der Waals surface area contributed by atoms with Gasteiger partial charge >= 0.3 is 6.09 Å². The van der Waals surface area contributed by atoms with E-state index in [2.05, 4.69) is 16.4 Å². The number of ether oxygens (including phenoxy) is 1. The smallest absolute Gasteiger partial charge is 0.410 e. The van der Waals surface area contributed by atoms with Gasteiger partial charge in [-0.2, -0.15) is 0 Å². The molecule has 0 N–H and O–H groups in total. The van der Waals surface area contributed by atoms with Gasteiger partial charge in [-0.3, -0.25) is 0 Å². The minimum absolute atomic E-state index is 0.260. The largest absolute Gasteiger partial charge is 0.444 e. The highest BCUT2D eigenvalue weighted by Crippen LogP contribution is 2.33. The Morgan fingerprint density at radius 3 is 2.83 bits per heavy atom. The highest BCUT2D eigenvalue weighted by atomic mass is 35.5. The molecule has 0 fully saturated rings. The van der Waals surface area contributed by atoms with Gasteiger partial charge in [0.1, 0.15) is 10.8 Å². The quantitative estimate of drug-likeness (QED) is 0.681. The van der Waals surface area contributed by atoms with Crippen molar-refractivity contribution < 1.29 is 9.53 Å². The summed E-state index contributed by atoms with van der Waals surface area (Å²) in [5, 5.41) is 2.62. The van der Waals surface area contributed by atoms with Crippen LogP contribution in [0.1, 0.15) is 32.8 Å². The van der Waals surface area contributed by atoms with Crippen LogP contribution < -0.4 is 0 Å². The molecular weight excluding hydrogens is 332 g/mol. The maximum absolute atomic E-state index is 12.1. The van der Waals surface area contributed by atoms with E-state index in [0.29, 0.717) is 18.2 Å². The minimum atomic E-state index is -0.467. The van der Waals surface area contributed by atoms with Crippen LogP contribution in [0.15, 0.2) is 23.6 Å². The van der Waals surface area contributed by atoms with E-state index < -0.39 is 5.60 Å². The van der Waals surface area contributed by atoms with E-state index in [9.17, 15) is 4.79 Å². The average Bonchev–Trinajstić information content (AvgIpc) is 2.88. The van der Waals surface area contributed by atoms with E-state index >= 15 is 0 Å². The summed E-state index contributed by atoms with van der Waals surface area (Å²) in [6.07, 6.45) is 2.61. The molecule has 0 aromatic carbocycles. The summed E-state index contributed by atoms with van der Waals surface area (Å²) >= 11 is 7.68. The second-order valence-electron chi connectivity index (χ2n) is 6.54. The van der Waals surface area contributed by atoms with Crippen molar-refractivity contribution in [3.8, 4) is 0 Å². The SMILES string of the molecule is CC(C)(C)OC(=O)N1CC=C(c2csc3ccc(Cl)nc23)CC1. The lowest BCUT2D eigenvalue weighted by atomic mass is 10.0. The Morgan fingerprint density at radius 2 is 2.17 bits per heavy atom. The van der Waals surface area contributed by atoms with Crippen molar-refractivity contribution in [1.82, 2.24) is 9.88 Å². The molecule has 0 aliphatic carbocycles. The molecule has 0 saturated carbocycles. The first-order valence-electron chi connectivity index (χ1n) is 7.54. The van der Waals surface area contributed by atoms with Crippen LogP contribution in [-0.2, 0) is 4.74 Å². The fraction of sp³-hybridized carbons (Fsp3) is 0.412. The number of carbonyl (C=O) groups excluding carboxylic acids is 1. The van der Waals surface area contributed by atoms with Gasteiger partial charge in [-0.25, -0.2) is 9.78 Å². The number of halogens is 1. The number of thiophene rings is 1. The van der Waals surface area contributed by atoms with Gasteiger partial charge in [-0.15, -0.1) is 11.3 Å². The number of fused-ring (bicyclic) bond motifs is 1. The molecule has 0 saturated heterocycles. The summed E-state index contributed by atoms with van der Waals surface area (Å²) in [5.41, 5.74) is 2.81. The molecule has 0 spiro atoms. The second kappa shape index (κ2) is 6.13. The topological polar surface area (TPSA) is 42.4 Å². The molecular formula is C17H19ClN2O2S. The van der Waals surface area contributed by atoms with E-state index in [1.165, 1.54) is 5.57 Å². The zero-order valence-corrected chi connectivity index (χ0v) is 15.0. The molecule has 4 nitrogen and oxygen atoms in total. The lowest BCUT2D eigenvalue weighted by Crippen LogP contribution is -2.39. The molecule has 0 unspecified atom stereocenters. The molecule has 2 aromatic heterocycles. The van der Waals surface area contributed by atoms with E-state index in [-0.39, 0.29) is 6.09 Å². The number of rotatable bonds is 1. The molecule has 1 amide bonds. The number of carbonyl (C=O) groups is 1. The zero-order valence-electron chi connectivity index (χ0n) is 13.4. The van der Waals surface area contributed by atoms with Crippen LogP contribution in [0.2, 0.25) is 5.15 Å². The molecule has 2 aromatic rings. The van der Waals surface area contributed by atoms with Crippen LogP contribution in [0.3, 0.4) is 0 Å². The third-order valence-electron chi connectivity index (χ3n) is 3.59. The van der Waals surface area contributed by atoms with Gasteiger partial charge in [-0.05, 0) is 44.9 Å². The van der Waals surface area contributed by atoms with Gasteiger partial charge in [0.25, 0.3) is 0 Å². The predicted octanol–water partition coefficient (Wildman–Crippen LogP) is 4.97. The molecule has 0 bridgehead atoms. The van der Waals surface area contributed by atoms with Crippen LogP contribution >= 0.6 is 22.9 Å². The zero-order chi connectivity index (χ0) is 16.6. The van der Waals surface area contributed by atoms with Crippen molar-refractivity contribution in [3.05, 3.63) is 34.3 Å². The lowest BCUT2D eigenvalue weighted by molar-refractivity contribution is 0.0270. The highest BCUT2D eigenvalue weighted by Gasteiger charge is 2.24. The number of aromatic nitrogens is 1. The van der Waals surface area contributed by atoms with E-state index in [1.54, 1.807) is 16.2 Å². The molecule has 0 radical (unpaired) electrons. The Kier molecular flexibility index (Phi) is 4.34. The van der Waals surface area contributed by atoms with E-state index in [4.69, 9.17) is 16.3 Å². The van der Waals surface area contributed by atoms with Gasteiger partial charge in [0.05, 0.1) is 10.2 Å². The van der Waals surface area contributed by atoms with Crippen LogP contribution in [0.4, 0.5) is 4.79 Å². The van der Waals surface area contributed by atoms with Crippen LogP contribution in [0.25, 0.3) is 15.8 Å². The van der Waals surface area contributed by atoms with Crippen LogP contribution in [0, 0.1) is 0 Å². The molecule has 1 aliphatic rings. The summed E-state index contributed by atoms with van der Waals surface area (Å²) in [6.45, 7) is 6.84. The number of hydrogen-bond donors (Lipinski definition) is 0. The van der Waals surface area contributed by atoms with Gasteiger partial charge < -0.3 is 9.64 Å². The van der Waals surface area contributed by atoms with Crippen LogP contribution in [0.5, 0.6) is 0 Å². The Bertz CT molecular complexity index is 776. The molecule has 122 valence electrons. The standard InChI is InChI=1S/C17H19ClN2O2S/c1-17(2,3)22-16(21)20-8-6-11(7-9-20)12-10-23-13-4-5-14(18)19-15(12)13/h4-6,10H,7-9H2,1-3H3. The van der Waals surface area contributed by atoms with Gasteiger partial charge in [-0.1, -0.05) is 17.7 Å². The summed E-state index contributed by atoms with van der Waals surface area (Å²) < 4.78 is 6.54. The Morgan fingerprint density at radius 1 is 1.39 bits per heavy atom. The number of nitrogens with zero attached hydrogens (tertiary/aromatic N) is 2. The Hall–Kier alpha value is -1.59. The number of pyridine rings is 1. The van der Waals surface area contributed by atoms with Gasteiger partial charge in [0.2, 0.25) is 0 Å². The first kappa shape index (κ1) is 16.3. The second-order valence-corrected chi connectivity index (χ2v) is 7.83. The minimum Gasteiger partial charge on any atom is -0.444 e. The summed E-state index contributed by atoms with van der Waals surface area (Å²) in [5.74, 6) is 0. The molecule has 6 heteroatoms. The fourth-order valence-electron chi connectivity index (χ4n) is 2.52. The normalized spacial score (nSPS) is 15.7. The molecule has 0 atom stereocenters. The number of amides is 1. The van der Waals surface area contributed by atoms with Crippen molar-refractivity contribution in [1.29, 1.82) is 0 Å². The van der Waals surface area contributed by atoms with E-state index in [0.717, 1.165) is 22.2 Å². The summed E-state index contributed by atoms with van der Waals surface area (Å²) in [4.78, 5) is 18.3. The Labute approximate surface area is 144 Å². The summed E-state index contributed by atoms with van der Waals surface area (Å²) in [6, 6.07) is 3.80. The maximum Gasteiger partial charge on any atom is 0.410 e. The highest BCUT2D eigenvalue weighted by molar-refractivity contribution is 7.17. The van der Waals surface area contributed by atoms with Crippen molar-refractivity contribution in [2.45, 2.75) is 32.8 Å². The van der Waals surface area contributed by atoms with Crippen molar-refractivity contribution >= 4 is 44.8 Å². The predicted molar refractivity (Wildman–Crippen MR) is 95.0 cm³/mol. The van der Waals surface area contributed by atoms with Crippen molar-refractivity contribution in [3.63, 3.8) is 0 Å². The molecule has 3 heterocycles. The third kappa shape index (κ3) is 3.67. The summed E-state index contributed by atoms with van der Waals surface area (Å²) in [7, 11) is 0. The van der Waals surface area contributed by atoms with E-state index in [1.807, 2.05) is 32.9 Å². The molecule has 23 heavy (non-hydrogen) atoms. The Balaban J connectivity index is 1.78. The average molecular weight is 351 g/mol. The number of hydrogen-bond acceptors (Lipinski definition) is 4. The maximum atomic E-state index is 12.1.